The number of ether oxygens (including phenoxy) is 1. The van der Waals surface area contributed by atoms with Crippen LogP contribution in [0.25, 0.3) is 0 Å². The first-order chi connectivity index (χ1) is 7.36. The Bertz CT molecular complexity index is 153. The largest absolute Gasteiger partial charge is 0.379 e. The molecule has 15 heavy (non-hydrogen) atoms. The SMILES string of the molecule is CCC1CCCN(CCOCCN)CC1. The highest BCUT2D eigenvalue weighted by atomic mass is 16.5. The number of hydrogen-bond donors (Lipinski definition) is 1. The minimum atomic E-state index is 0.637. The number of nitrogens with zero attached hydrogens (tertiary/aromatic N) is 1. The van der Waals surface area contributed by atoms with Gasteiger partial charge in [0.1, 0.15) is 0 Å². The fourth-order valence-electron chi connectivity index (χ4n) is 2.24. The van der Waals surface area contributed by atoms with Crippen LogP contribution in [0.2, 0.25) is 0 Å². The van der Waals surface area contributed by atoms with Crippen LogP contribution in [0.1, 0.15) is 32.6 Å². The summed E-state index contributed by atoms with van der Waals surface area (Å²) in [7, 11) is 0. The second-order valence-electron chi connectivity index (χ2n) is 4.45. The Morgan fingerprint density at radius 2 is 2.13 bits per heavy atom. The Morgan fingerprint density at radius 3 is 2.87 bits per heavy atom. The van der Waals surface area contributed by atoms with Gasteiger partial charge in [-0.25, -0.2) is 0 Å². The molecule has 1 aliphatic heterocycles. The molecule has 1 heterocycles. The minimum absolute atomic E-state index is 0.637. The topological polar surface area (TPSA) is 38.5 Å². The molecule has 3 nitrogen and oxygen atoms in total. The van der Waals surface area contributed by atoms with Gasteiger partial charge in [0, 0.05) is 13.1 Å². The van der Waals surface area contributed by atoms with Crippen LogP contribution in [0.4, 0.5) is 0 Å². The number of hydrogen-bond acceptors (Lipinski definition) is 3. The lowest BCUT2D eigenvalue weighted by Crippen LogP contribution is -2.29. The highest BCUT2D eigenvalue weighted by Gasteiger charge is 2.14. The average molecular weight is 214 g/mol. The third-order valence-corrected chi connectivity index (χ3v) is 3.33. The van der Waals surface area contributed by atoms with Gasteiger partial charge < -0.3 is 15.4 Å². The van der Waals surface area contributed by atoms with Gasteiger partial charge in [-0.2, -0.15) is 0 Å². The molecule has 0 aromatic rings. The van der Waals surface area contributed by atoms with Crippen molar-refractivity contribution in [2.45, 2.75) is 32.6 Å². The predicted octanol–water partition coefficient (Wildman–Crippen LogP) is 1.47. The summed E-state index contributed by atoms with van der Waals surface area (Å²) in [5, 5.41) is 0. The summed E-state index contributed by atoms with van der Waals surface area (Å²) < 4.78 is 5.41. The molecule has 90 valence electrons. The molecule has 0 aliphatic carbocycles. The number of rotatable bonds is 6. The molecule has 0 radical (unpaired) electrons. The Labute approximate surface area is 94.0 Å². The monoisotopic (exact) mass is 214 g/mol. The third kappa shape index (κ3) is 5.50. The highest BCUT2D eigenvalue weighted by molar-refractivity contribution is 4.68. The molecule has 1 aliphatic rings. The van der Waals surface area contributed by atoms with Crippen molar-refractivity contribution in [1.29, 1.82) is 0 Å². The molecule has 0 aromatic carbocycles. The molecule has 2 N–H and O–H groups in total. The van der Waals surface area contributed by atoms with Crippen molar-refractivity contribution in [1.82, 2.24) is 4.90 Å². The maximum absolute atomic E-state index is 5.41. The normalized spacial score (nSPS) is 24.0. The van der Waals surface area contributed by atoms with E-state index in [1.54, 1.807) is 0 Å². The smallest absolute Gasteiger partial charge is 0.0594 e. The summed E-state index contributed by atoms with van der Waals surface area (Å²) in [6, 6.07) is 0. The molecule has 1 saturated heterocycles. The molecule has 0 amide bonds. The van der Waals surface area contributed by atoms with Crippen molar-refractivity contribution >= 4 is 0 Å². The van der Waals surface area contributed by atoms with Gasteiger partial charge in [-0.15, -0.1) is 0 Å². The van der Waals surface area contributed by atoms with E-state index in [-0.39, 0.29) is 0 Å². The van der Waals surface area contributed by atoms with Gasteiger partial charge in [-0.3, -0.25) is 0 Å². The first-order valence-electron chi connectivity index (χ1n) is 6.37. The van der Waals surface area contributed by atoms with Crippen LogP contribution in [-0.2, 0) is 4.74 Å². The van der Waals surface area contributed by atoms with Crippen molar-refractivity contribution in [3.63, 3.8) is 0 Å². The Morgan fingerprint density at radius 1 is 1.27 bits per heavy atom. The molecule has 1 rings (SSSR count). The van der Waals surface area contributed by atoms with E-state index in [4.69, 9.17) is 10.5 Å². The summed E-state index contributed by atoms with van der Waals surface area (Å²) in [6.45, 7) is 8.07. The average Bonchev–Trinajstić information content (AvgIpc) is 2.49. The minimum Gasteiger partial charge on any atom is -0.379 e. The second-order valence-corrected chi connectivity index (χ2v) is 4.45. The van der Waals surface area contributed by atoms with E-state index in [9.17, 15) is 0 Å². The molecule has 3 heteroatoms. The zero-order chi connectivity index (χ0) is 10.9. The number of likely N-dealkylation sites (tertiary alicyclic amines) is 1. The Balaban J connectivity index is 2.08. The fourth-order valence-corrected chi connectivity index (χ4v) is 2.24. The van der Waals surface area contributed by atoms with E-state index in [1.165, 1.54) is 38.8 Å². The van der Waals surface area contributed by atoms with Gasteiger partial charge >= 0.3 is 0 Å². The number of nitrogens with two attached hydrogens (primary N) is 1. The van der Waals surface area contributed by atoms with Crippen molar-refractivity contribution in [3.05, 3.63) is 0 Å². The van der Waals surface area contributed by atoms with Crippen LogP contribution in [0.3, 0.4) is 0 Å². The Hall–Kier alpha value is -0.120. The summed E-state index contributed by atoms with van der Waals surface area (Å²) in [4.78, 5) is 2.53. The molecule has 1 unspecified atom stereocenters. The van der Waals surface area contributed by atoms with E-state index < -0.39 is 0 Å². The van der Waals surface area contributed by atoms with Gasteiger partial charge in [0.2, 0.25) is 0 Å². The van der Waals surface area contributed by atoms with Crippen LogP contribution in [-0.4, -0.2) is 44.3 Å². The molecular weight excluding hydrogens is 188 g/mol. The van der Waals surface area contributed by atoms with Crippen molar-refractivity contribution < 1.29 is 4.74 Å². The molecule has 0 aromatic heterocycles. The van der Waals surface area contributed by atoms with Crippen molar-refractivity contribution in [2.24, 2.45) is 11.7 Å². The molecule has 0 bridgehead atoms. The first-order valence-corrected chi connectivity index (χ1v) is 6.37. The molecule has 1 atom stereocenters. The van der Waals surface area contributed by atoms with Gasteiger partial charge in [0.25, 0.3) is 0 Å². The van der Waals surface area contributed by atoms with Crippen LogP contribution < -0.4 is 5.73 Å². The summed E-state index contributed by atoms with van der Waals surface area (Å²) in [5.74, 6) is 0.958. The quantitative estimate of drug-likeness (QED) is 0.681. The molecule has 0 saturated carbocycles. The standard InChI is InChI=1S/C12H26N2O/c1-2-12-4-3-7-14(8-5-12)9-11-15-10-6-13/h12H,2-11,13H2,1H3. The summed E-state index contributed by atoms with van der Waals surface area (Å²) >= 11 is 0. The van der Waals surface area contributed by atoms with Crippen LogP contribution in [0, 0.1) is 5.92 Å². The van der Waals surface area contributed by atoms with Gasteiger partial charge in [-0.1, -0.05) is 13.3 Å². The van der Waals surface area contributed by atoms with Crippen LogP contribution in [0.5, 0.6) is 0 Å². The van der Waals surface area contributed by atoms with E-state index in [0.29, 0.717) is 13.2 Å². The fraction of sp³-hybridized carbons (Fsp3) is 1.00. The lowest BCUT2D eigenvalue weighted by atomic mass is 9.98. The summed E-state index contributed by atoms with van der Waals surface area (Å²) in [6.07, 6.45) is 5.48. The third-order valence-electron chi connectivity index (χ3n) is 3.33. The van der Waals surface area contributed by atoms with Crippen LogP contribution in [0.15, 0.2) is 0 Å². The first kappa shape index (κ1) is 12.9. The zero-order valence-electron chi connectivity index (χ0n) is 10.1. The van der Waals surface area contributed by atoms with Crippen molar-refractivity contribution in [3.8, 4) is 0 Å². The lowest BCUT2D eigenvalue weighted by molar-refractivity contribution is 0.110. The maximum atomic E-state index is 5.41. The second kappa shape index (κ2) is 8.08. The van der Waals surface area contributed by atoms with E-state index >= 15 is 0 Å². The van der Waals surface area contributed by atoms with Gasteiger partial charge in [-0.05, 0) is 38.3 Å². The summed E-state index contributed by atoms with van der Waals surface area (Å²) in [5.41, 5.74) is 5.37. The van der Waals surface area contributed by atoms with Crippen LogP contribution >= 0.6 is 0 Å². The van der Waals surface area contributed by atoms with Gasteiger partial charge in [0.05, 0.1) is 13.2 Å². The maximum Gasteiger partial charge on any atom is 0.0594 e. The van der Waals surface area contributed by atoms with Gasteiger partial charge in [0.15, 0.2) is 0 Å². The molecule has 0 spiro atoms. The van der Waals surface area contributed by atoms with Crippen molar-refractivity contribution in [2.75, 3.05) is 39.4 Å². The molecular formula is C12H26N2O. The molecule has 1 fully saturated rings. The van der Waals surface area contributed by atoms with E-state index in [1.807, 2.05) is 0 Å². The van der Waals surface area contributed by atoms with E-state index in [2.05, 4.69) is 11.8 Å². The zero-order valence-corrected chi connectivity index (χ0v) is 10.1. The lowest BCUT2D eigenvalue weighted by Gasteiger charge is -2.19. The Kier molecular flexibility index (Phi) is 6.98. The van der Waals surface area contributed by atoms with E-state index in [0.717, 1.165) is 19.1 Å². The predicted molar refractivity (Wildman–Crippen MR) is 63.9 cm³/mol. The highest BCUT2D eigenvalue weighted by Crippen LogP contribution is 2.19.